The number of amides is 2. The van der Waals surface area contributed by atoms with Crippen molar-refractivity contribution in [1.29, 1.82) is 0 Å². The molecule has 7 heteroatoms. The van der Waals surface area contributed by atoms with E-state index in [0.29, 0.717) is 32.7 Å². The molecular weight excluding hydrogens is 438 g/mol. The molecule has 2 aromatic heterocycles. The molecule has 0 aliphatic carbocycles. The zero-order valence-electron chi connectivity index (χ0n) is 18.0. The topological polar surface area (TPSA) is 43.9 Å². The van der Waals surface area contributed by atoms with E-state index in [1.54, 1.807) is 0 Å². The van der Waals surface area contributed by atoms with Gasteiger partial charge in [-0.3, -0.25) is 14.5 Å². The van der Waals surface area contributed by atoms with Gasteiger partial charge in [-0.1, -0.05) is 36.4 Å². The van der Waals surface area contributed by atoms with E-state index in [0.717, 1.165) is 24.3 Å². The first-order chi connectivity index (χ1) is 15.7. The van der Waals surface area contributed by atoms with Crippen LogP contribution in [0.25, 0.3) is 0 Å². The third kappa shape index (κ3) is 4.37. The lowest BCUT2D eigenvalue weighted by Crippen LogP contribution is -2.45. The van der Waals surface area contributed by atoms with Crippen molar-refractivity contribution < 1.29 is 9.59 Å². The van der Waals surface area contributed by atoms with Gasteiger partial charge in [-0.05, 0) is 46.9 Å². The van der Waals surface area contributed by atoms with Crippen LogP contribution in [0.5, 0.6) is 0 Å². The second-order valence-corrected chi connectivity index (χ2v) is 10.3. The minimum atomic E-state index is 0.0828. The first kappa shape index (κ1) is 21.4. The van der Waals surface area contributed by atoms with Crippen molar-refractivity contribution >= 4 is 34.5 Å². The fourth-order valence-electron chi connectivity index (χ4n) is 4.76. The Balaban J connectivity index is 1.27. The molecule has 0 saturated carbocycles. The summed E-state index contributed by atoms with van der Waals surface area (Å²) in [5, 5.41) is 4.10. The highest BCUT2D eigenvalue weighted by molar-refractivity contribution is 7.12. The van der Waals surface area contributed by atoms with Crippen molar-refractivity contribution in [3.8, 4) is 0 Å². The summed E-state index contributed by atoms with van der Waals surface area (Å²) in [6, 6.07) is 16.6. The lowest BCUT2D eigenvalue weighted by molar-refractivity contribution is -0.132. The van der Waals surface area contributed by atoms with Crippen LogP contribution in [0.4, 0.5) is 0 Å². The normalized spacial score (nSPS) is 19.4. The average Bonchev–Trinajstić information content (AvgIpc) is 3.46. The van der Waals surface area contributed by atoms with E-state index in [9.17, 15) is 9.59 Å². The van der Waals surface area contributed by atoms with Gasteiger partial charge in [0.25, 0.3) is 5.91 Å². The first-order valence-corrected chi connectivity index (χ1v) is 12.9. The van der Waals surface area contributed by atoms with Gasteiger partial charge in [-0.2, -0.15) is 0 Å². The molecule has 1 saturated heterocycles. The van der Waals surface area contributed by atoms with Crippen LogP contribution in [0.1, 0.15) is 38.1 Å². The van der Waals surface area contributed by atoms with E-state index in [2.05, 4.69) is 40.6 Å². The monoisotopic (exact) mass is 465 g/mol. The Hall–Kier alpha value is -2.48. The lowest BCUT2D eigenvalue weighted by Gasteiger charge is -2.37. The van der Waals surface area contributed by atoms with Crippen LogP contribution in [-0.2, 0) is 11.2 Å². The smallest absolute Gasteiger partial charge is 0.263 e. The Morgan fingerprint density at radius 2 is 1.66 bits per heavy atom. The molecule has 0 N–H and O–H groups in total. The molecule has 3 aromatic rings. The number of benzene rings is 1. The van der Waals surface area contributed by atoms with E-state index >= 15 is 0 Å². The summed E-state index contributed by atoms with van der Waals surface area (Å²) in [5.41, 5.74) is 2.58. The summed E-state index contributed by atoms with van der Waals surface area (Å²) < 4.78 is 0. The van der Waals surface area contributed by atoms with Crippen LogP contribution in [0.2, 0.25) is 0 Å². The Morgan fingerprint density at radius 3 is 2.47 bits per heavy atom. The van der Waals surface area contributed by atoms with Gasteiger partial charge in [-0.25, -0.2) is 0 Å². The highest BCUT2D eigenvalue weighted by atomic mass is 32.1. The number of hydrogen-bond acceptors (Lipinski definition) is 5. The molecule has 166 valence electrons. The summed E-state index contributed by atoms with van der Waals surface area (Å²) in [6.45, 7) is 3.90. The predicted octanol–water partition coefficient (Wildman–Crippen LogP) is 4.13. The number of carbonyl (C=O) groups excluding carboxylic acids is 2. The van der Waals surface area contributed by atoms with Crippen LogP contribution in [0.3, 0.4) is 0 Å². The molecule has 2 amide bonds. The zero-order chi connectivity index (χ0) is 21.9. The van der Waals surface area contributed by atoms with E-state index in [1.807, 2.05) is 44.7 Å². The summed E-state index contributed by atoms with van der Waals surface area (Å²) in [6.07, 6.45) is 1.81. The highest BCUT2D eigenvalue weighted by Gasteiger charge is 2.32. The quantitative estimate of drug-likeness (QED) is 0.582. The molecule has 2 aliphatic heterocycles. The predicted molar refractivity (Wildman–Crippen MR) is 129 cm³/mol. The number of rotatable bonds is 4. The first-order valence-electron chi connectivity index (χ1n) is 11.2. The Labute approximate surface area is 196 Å². The molecule has 4 heterocycles. The third-order valence-electron chi connectivity index (χ3n) is 6.39. The maximum atomic E-state index is 13.3. The van der Waals surface area contributed by atoms with Gasteiger partial charge >= 0.3 is 0 Å². The van der Waals surface area contributed by atoms with Crippen molar-refractivity contribution in [1.82, 2.24) is 14.7 Å². The average molecular weight is 466 g/mol. The van der Waals surface area contributed by atoms with Gasteiger partial charge in [0.15, 0.2) is 0 Å². The van der Waals surface area contributed by atoms with Gasteiger partial charge < -0.3 is 9.80 Å². The number of thiophene rings is 2. The number of hydrogen-bond donors (Lipinski definition) is 0. The third-order valence-corrected chi connectivity index (χ3v) is 8.24. The van der Waals surface area contributed by atoms with E-state index < -0.39 is 0 Å². The second kappa shape index (κ2) is 9.57. The Morgan fingerprint density at radius 1 is 0.844 bits per heavy atom. The minimum Gasteiger partial charge on any atom is -0.340 e. The van der Waals surface area contributed by atoms with Gasteiger partial charge in [0, 0.05) is 37.6 Å². The van der Waals surface area contributed by atoms with E-state index in [4.69, 9.17) is 0 Å². The standard InChI is InChI=1S/C25H27N3O2S2/c29-23(26-11-5-12-27(15-14-26)25(30)22-8-4-16-31-22)18-28-13-9-21-20(10-17-32-21)24(28)19-6-2-1-3-7-19/h1-4,6-8,10,16-17,24H,5,9,11-15,18H2/t24-/m1/s1. The van der Waals surface area contributed by atoms with Gasteiger partial charge in [-0.15, -0.1) is 22.7 Å². The summed E-state index contributed by atoms with van der Waals surface area (Å²) >= 11 is 3.30. The molecule has 1 aromatic carbocycles. The van der Waals surface area contributed by atoms with Crippen LogP contribution < -0.4 is 0 Å². The molecule has 2 aliphatic rings. The minimum absolute atomic E-state index is 0.0828. The number of fused-ring (bicyclic) bond motifs is 1. The van der Waals surface area contributed by atoms with Crippen molar-refractivity contribution in [3.63, 3.8) is 0 Å². The van der Waals surface area contributed by atoms with Crippen molar-refractivity contribution in [2.24, 2.45) is 0 Å². The van der Waals surface area contributed by atoms with Crippen LogP contribution in [0.15, 0.2) is 59.3 Å². The molecule has 0 bridgehead atoms. The summed E-state index contributed by atoms with van der Waals surface area (Å²) in [4.78, 5) is 34.4. The Kier molecular flexibility index (Phi) is 6.39. The summed E-state index contributed by atoms with van der Waals surface area (Å²) in [7, 11) is 0. The molecule has 1 fully saturated rings. The largest absolute Gasteiger partial charge is 0.340 e. The number of carbonyl (C=O) groups is 2. The molecule has 0 unspecified atom stereocenters. The fourth-order valence-corrected chi connectivity index (χ4v) is 6.36. The highest BCUT2D eigenvalue weighted by Crippen LogP contribution is 2.37. The fraction of sp³-hybridized carbons (Fsp3) is 0.360. The molecule has 0 radical (unpaired) electrons. The number of nitrogens with zero attached hydrogens (tertiary/aromatic N) is 3. The van der Waals surface area contributed by atoms with Crippen LogP contribution in [-0.4, -0.2) is 65.8 Å². The summed E-state index contributed by atoms with van der Waals surface area (Å²) in [5.74, 6) is 0.245. The van der Waals surface area contributed by atoms with Gasteiger partial charge in [0.05, 0.1) is 17.5 Å². The molecule has 5 rings (SSSR count). The zero-order valence-corrected chi connectivity index (χ0v) is 19.6. The molecule has 32 heavy (non-hydrogen) atoms. The van der Waals surface area contributed by atoms with Crippen molar-refractivity contribution in [3.05, 3.63) is 80.2 Å². The van der Waals surface area contributed by atoms with Gasteiger partial charge in [0.1, 0.15) is 0 Å². The van der Waals surface area contributed by atoms with Gasteiger partial charge in [0.2, 0.25) is 5.91 Å². The maximum Gasteiger partial charge on any atom is 0.263 e. The molecule has 0 spiro atoms. The van der Waals surface area contributed by atoms with E-state index in [1.165, 1.54) is 27.3 Å². The second-order valence-electron chi connectivity index (χ2n) is 8.34. The van der Waals surface area contributed by atoms with Crippen LogP contribution >= 0.6 is 22.7 Å². The molecule has 1 atom stereocenters. The van der Waals surface area contributed by atoms with Crippen molar-refractivity contribution in [2.75, 3.05) is 39.3 Å². The van der Waals surface area contributed by atoms with Crippen molar-refractivity contribution in [2.45, 2.75) is 18.9 Å². The maximum absolute atomic E-state index is 13.3. The molecular formula is C25H27N3O2S2. The molecule has 5 nitrogen and oxygen atoms in total. The van der Waals surface area contributed by atoms with Crippen LogP contribution in [0, 0.1) is 0 Å². The van der Waals surface area contributed by atoms with E-state index in [-0.39, 0.29) is 17.9 Å². The Bertz CT molecular complexity index is 1060. The lowest BCUT2D eigenvalue weighted by atomic mass is 9.93. The SMILES string of the molecule is O=C(CN1CCc2sccc2[C@H]1c1ccccc1)N1CCCN(C(=O)c2cccs2)CC1.